The predicted molar refractivity (Wildman–Crippen MR) is 129 cm³/mol. The molecule has 0 unspecified atom stereocenters. The normalized spacial score (nSPS) is 23.0. The highest BCUT2D eigenvalue weighted by Crippen LogP contribution is 2.35. The van der Waals surface area contributed by atoms with Crippen LogP contribution in [0.1, 0.15) is 54.2 Å². The lowest BCUT2D eigenvalue weighted by Gasteiger charge is -2.47. The molecule has 1 saturated carbocycles. The SMILES string of the molecule is C=CCN1C[C@H](C)N([C@H](c2ccc(C(=O)N(C)C3CC3)cc2)c2cccc(O)c2)C[C@H]1C. The van der Waals surface area contributed by atoms with Crippen molar-refractivity contribution in [2.24, 2.45) is 0 Å². The fourth-order valence-electron chi connectivity index (χ4n) is 4.91. The predicted octanol–water partition coefficient (Wildman–Crippen LogP) is 4.30. The molecule has 1 N–H and O–H groups in total. The fraction of sp³-hybridized carbons (Fsp3) is 0.444. The molecule has 1 saturated heterocycles. The number of phenols is 1. The van der Waals surface area contributed by atoms with E-state index >= 15 is 0 Å². The molecule has 2 aliphatic rings. The van der Waals surface area contributed by atoms with Crippen molar-refractivity contribution in [1.82, 2.24) is 14.7 Å². The second kappa shape index (κ2) is 9.47. The average Bonchev–Trinajstić information content (AvgIpc) is 3.62. The summed E-state index contributed by atoms with van der Waals surface area (Å²) < 4.78 is 0. The summed E-state index contributed by atoms with van der Waals surface area (Å²) in [4.78, 5) is 19.6. The highest BCUT2D eigenvalue weighted by molar-refractivity contribution is 5.94. The van der Waals surface area contributed by atoms with Gasteiger partial charge in [-0.15, -0.1) is 6.58 Å². The first-order valence-corrected chi connectivity index (χ1v) is 11.7. The van der Waals surface area contributed by atoms with Crippen LogP contribution >= 0.6 is 0 Å². The van der Waals surface area contributed by atoms with Gasteiger partial charge >= 0.3 is 0 Å². The topological polar surface area (TPSA) is 47.0 Å². The summed E-state index contributed by atoms with van der Waals surface area (Å²) in [6.07, 6.45) is 4.18. The van der Waals surface area contributed by atoms with E-state index in [0.29, 0.717) is 18.1 Å². The number of piperazine rings is 1. The Kier molecular flexibility index (Phi) is 6.68. The standard InChI is InChI=1S/C27H35N3O2/c1-5-15-29-17-20(3)30(18-19(29)2)26(23-7-6-8-25(31)16-23)21-9-11-22(12-10-21)27(32)28(4)24-13-14-24/h5-12,16,19-20,24,26,31H,1,13-15,17-18H2,2-4H3/t19-,20+,26-/m1/s1. The zero-order valence-electron chi connectivity index (χ0n) is 19.4. The third kappa shape index (κ3) is 4.74. The number of amides is 1. The monoisotopic (exact) mass is 433 g/mol. The van der Waals surface area contributed by atoms with Gasteiger partial charge in [0.25, 0.3) is 5.91 Å². The van der Waals surface area contributed by atoms with Gasteiger partial charge < -0.3 is 10.0 Å². The smallest absolute Gasteiger partial charge is 0.253 e. The molecule has 170 valence electrons. The van der Waals surface area contributed by atoms with Crippen LogP contribution in [-0.2, 0) is 0 Å². The Labute approximate surface area is 191 Å². The maximum absolute atomic E-state index is 12.8. The van der Waals surface area contributed by atoms with Crippen molar-refractivity contribution in [3.63, 3.8) is 0 Å². The molecule has 32 heavy (non-hydrogen) atoms. The lowest BCUT2D eigenvalue weighted by Crippen LogP contribution is -2.57. The van der Waals surface area contributed by atoms with Crippen molar-refractivity contribution in [2.75, 3.05) is 26.7 Å². The first-order chi connectivity index (χ1) is 15.4. The zero-order valence-corrected chi connectivity index (χ0v) is 19.4. The van der Waals surface area contributed by atoms with E-state index in [4.69, 9.17) is 0 Å². The number of hydrogen-bond donors (Lipinski definition) is 1. The van der Waals surface area contributed by atoms with Crippen molar-refractivity contribution in [3.8, 4) is 5.75 Å². The number of benzene rings is 2. The molecule has 5 nitrogen and oxygen atoms in total. The molecular weight excluding hydrogens is 398 g/mol. The highest BCUT2D eigenvalue weighted by atomic mass is 16.3. The lowest BCUT2D eigenvalue weighted by atomic mass is 9.92. The number of aromatic hydroxyl groups is 1. The van der Waals surface area contributed by atoms with Gasteiger partial charge in [-0.2, -0.15) is 0 Å². The molecule has 0 spiro atoms. The summed E-state index contributed by atoms with van der Waals surface area (Å²) in [5.41, 5.74) is 2.93. The minimum Gasteiger partial charge on any atom is -0.508 e. The quantitative estimate of drug-likeness (QED) is 0.662. The van der Waals surface area contributed by atoms with Crippen molar-refractivity contribution in [2.45, 2.75) is 50.9 Å². The summed E-state index contributed by atoms with van der Waals surface area (Å²) in [6, 6.07) is 16.8. The van der Waals surface area contributed by atoms with Crippen molar-refractivity contribution >= 4 is 5.91 Å². The summed E-state index contributed by atoms with van der Waals surface area (Å²) in [5.74, 6) is 0.365. The average molecular weight is 434 g/mol. The van der Waals surface area contributed by atoms with Gasteiger partial charge in [-0.1, -0.05) is 30.3 Å². The third-order valence-electron chi connectivity index (χ3n) is 6.93. The number of carbonyl (C=O) groups excluding carboxylic acids is 1. The van der Waals surface area contributed by atoms with Crippen molar-refractivity contribution in [1.29, 1.82) is 0 Å². The van der Waals surface area contributed by atoms with Gasteiger partial charge in [0, 0.05) is 50.4 Å². The molecule has 5 heteroatoms. The Hall–Kier alpha value is -2.63. The Bertz CT molecular complexity index is 954. The molecule has 2 aromatic rings. The summed E-state index contributed by atoms with van der Waals surface area (Å²) in [7, 11) is 1.90. The van der Waals surface area contributed by atoms with Crippen LogP contribution in [0.2, 0.25) is 0 Å². The molecule has 3 atom stereocenters. The minimum atomic E-state index is 0.00995. The number of hydrogen-bond acceptors (Lipinski definition) is 4. The maximum atomic E-state index is 12.8. The first kappa shape index (κ1) is 22.6. The van der Waals surface area contributed by atoms with Gasteiger partial charge in [-0.05, 0) is 62.1 Å². The number of nitrogens with zero attached hydrogens (tertiary/aromatic N) is 3. The lowest BCUT2D eigenvalue weighted by molar-refractivity contribution is 0.0306. The zero-order chi connectivity index (χ0) is 22.8. The highest BCUT2D eigenvalue weighted by Gasteiger charge is 2.35. The summed E-state index contributed by atoms with van der Waals surface area (Å²) in [6.45, 7) is 11.2. The van der Waals surface area contributed by atoms with Crippen LogP contribution in [0.15, 0.2) is 61.2 Å². The van der Waals surface area contributed by atoms with Gasteiger partial charge in [0.05, 0.1) is 6.04 Å². The Balaban J connectivity index is 1.64. The van der Waals surface area contributed by atoms with Crippen LogP contribution < -0.4 is 0 Å². The molecule has 2 fully saturated rings. The second-order valence-corrected chi connectivity index (χ2v) is 9.40. The van der Waals surface area contributed by atoms with Crippen LogP contribution in [0, 0.1) is 0 Å². The largest absolute Gasteiger partial charge is 0.508 e. The molecule has 1 aliphatic carbocycles. The van der Waals surface area contributed by atoms with Crippen LogP contribution in [0.25, 0.3) is 0 Å². The number of rotatable bonds is 7. The van der Waals surface area contributed by atoms with E-state index in [0.717, 1.165) is 49.2 Å². The summed E-state index contributed by atoms with van der Waals surface area (Å²) in [5, 5.41) is 10.2. The van der Waals surface area contributed by atoms with Gasteiger partial charge in [0.15, 0.2) is 0 Å². The number of phenolic OH excluding ortho intramolecular Hbond substituents is 1. The minimum absolute atomic E-state index is 0.00995. The van der Waals surface area contributed by atoms with Crippen molar-refractivity contribution in [3.05, 3.63) is 77.9 Å². The van der Waals surface area contributed by atoms with E-state index in [-0.39, 0.29) is 17.7 Å². The molecule has 0 bridgehead atoms. The second-order valence-electron chi connectivity index (χ2n) is 9.40. The molecule has 1 amide bonds. The summed E-state index contributed by atoms with van der Waals surface area (Å²) >= 11 is 0. The van der Waals surface area contributed by atoms with E-state index in [1.807, 2.05) is 42.3 Å². The van der Waals surface area contributed by atoms with Crippen LogP contribution in [0.3, 0.4) is 0 Å². The van der Waals surface area contributed by atoms with E-state index < -0.39 is 0 Å². The van der Waals surface area contributed by atoms with E-state index in [9.17, 15) is 9.90 Å². The molecule has 2 aromatic carbocycles. The number of carbonyl (C=O) groups is 1. The molecular formula is C27H35N3O2. The van der Waals surface area contributed by atoms with Crippen LogP contribution in [0.5, 0.6) is 5.75 Å². The van der Waals surface area contributed by atoms with Gasteiger partial charge in [-0.3, -0.25) is 14.6 Å². The molecule has 0 aromatic heterocycles. The third-order valence-corrected chi connectivity index (χ3v) is 6.93. The van der Waals surface area contributed by atoms with Crippen LogP contribution in [0.4, 0.5) is 0 Å². The maximum Gasteiger partial charge on any atom is 0.253 e. The Morgan fingerprint density at radius 2 is 1.84 bits per heavy atom. The molecule has 1 heterocycles. The van der Waals surface area contributed by atoms with E-state index in [1.165, 1.54) is 0 Å². The van der Waals surface area contributed by atoms with Crippen LogP contribution in [-0.4, -0.2) is 70.5 Å². The Morgan fingerprint density at radius 3 is 2.47 bits per heavy atom. The van der Waals surface area contributed by atoms with E-state index in [2.05, 4.69) is 48.4 Å². The fourth-order valence-corrected chi connectivity index (χ4v) is 4.91. The van der Waals surface area contributed by atoms with Crippen molar-refractivity contribution < 1.29 is 9.90 Å². The first-order valence-electron chi connectivity index (χ1n) is 11.7. The molecule has 4 rings (SSSR count). The van der Waals surface area contributed by atoms with E-state index in [1.54, 1.807) is 6.07 Å². The van der Waals surface area contributed by atoms with Gasteiger partial charge in [0.2, 0.25) is 0 Å². The molecule has 0 radical (unpaired) electrons. The Morgan fingerprint density at radius 1 is 1.12 bits per heavy atom. The van der Waals surface area contributed by atoms with Gasteiger partial charge in [0.1, 0.15) is 5.75 Å². The van der Waals surface area contributed by atoms with Gasteiger partial charge in [-0.25, -0.2) is 0 Å². The molecule has 1 aliphatic heterocycles.